The number of methoxy groups -OCH3 is 6. The van der Waals surface area contributed by atoms with E-state index in [-0.39, 0.29) is 0 Å². The van der Waals surface area contributed by atoms with Gasteiger partial charge in [0.2, 0.25) is 0 Å². The Morgan fingerprint density at radius 3 is 1.02 bits per heavy atom. The van der Waals surface area contributed by atoms with Crippen LogP contribution in [0.2, 0.25) is 0 Å². The van der Waals surface area contributed by atoms with Crippen molar-refractivity contribution in [3.63, 3.8) is 0 Å². The average Bonchev–Trinajstić information content (AvgIpc) is 3.36. The normalized spacial score (nSPS) is 11.6. The van der Waals surface area contributed by atoms with Gasteiger partial charge in [-0.05, 0) is 116 Å². The van der Waals surface area contributed by atoms with E-state index in [1.165, 1.54) is 48.5 Å². The standard InChI is InChI=1S/C29H29O3P.C28H27O3P/c1-20-17-18-21(2)28(19-20)33(27-16-9-7-12-23(27)30-3)26-15-8-6-11-22(26)29-24(31-4)13-10-14-25(29)32-5;1-20-12-5-8-17-25(20)32(27-19-10-7-14-22(27)29-2)26-18-9-6-13-21(26)28-23(30-3)15-11-16-24(28)31-4/h6-19H,1-5H3;5-19H,1-4H3. The molecule has 330 valence electrons. The van der Waals surface area contributed by atoms with Gasteiger partial charge in [-0.3, -0.25) is 0 Å². The molecular formula is C57H56O6P2. The third-order valence-corrected chi connectivity index (χ3v) is 16.7. The van der Waals surface area contributed by atoms with Crippen LogP contribution in [0.25, 0.3) is 22.3 Å². The van der Waals surface area contributed by atoms with Gasteiger partial charge in [0.25, 0.3) is 0 Å². The molecule has 0 amide bonds. The quantitative estimate of drug-likeness (QED) is 0.101. The number of ether oxygens (including phenoxy) is 6. The van der Waals surface area contributed by atoms with Crippen molar-refractivity contribution in [2.45, 2.75) is 20.8 Å². The zero-order valence-corrected chi connectivity index (χ0v) is 40.4. The van der Waals surface area contributed by atoms with Crippen LogP contribution < -0.4 is 60.2 Å². The van der Waals surface area contributed by atoms with Crippen LogP contribution in [-0.2, 0) is 0 Å². The van der Waals surface area contributed by atoms with Crippen LogP contribution in [0.15, 0.2) is 176 Å². The molecule has 8 aromatic rings. The van der Waals surface area contributed by atoms with Gasteiger partial charge in [0.1, 0.15) is 34.5 Å². The fraction of sp³-hybridized carbons (Fsp3) is 0.158. The van der Waals surface area contributed by atoms with Crippen LogP contribution in [0.1, 0.15) is 16.7 Å². The van der Waals surface area contributed by atoms with Crippen molar-refractivity contribution in [3.05, 3.63) is 193 Å². The van der Waals surface area contributed by atoms with Crippen molar-refractivity contribution in [2.24, 2.45) is 0 Å². The predicted octanol–water partition coefficient (Wildman–Crippen LogP) is 11.2. The minimum Gasteiger partial charge on any atom is -0.496 e. The Balaban J connectivity index is 0.000000194. The Kier molecular flexibility index (Phi) is 15.6. The molecule has 6 nitrogen and oxygen atoms in total. The fourth-order valence-electron chi connectivity index (χ4n) is 8.18. The molecule has 0 aliphatic heterocycles. The van der Waals surface area contributed by atoms with E-state index >= 15 is 0 Å². The Labute approximate surface area is 387 Å². The molecule has 0 heterocycles. The van der Waals surface area contributed by atoms with Gasteiger partial charge in [0, 0.05) is 10.6 Å². The maximum Gasteiger partial charge on any atom is 0.130 e. The average molecular weight is 899 g/mol. The summed E-state index contributed by atoms with van der Waals surface area (Å²) in [5.41, 5.74) is 7.89. The van der Waals surface area contributed by atoms with Crippen LogP contribution >= 0.6 is 15.8 Å². The lowest BCUT2D eigenvalue weighted by molar-refractivity contribution is 0.397. The molecule has 8 rings (SSSR count). The first kappa shape index (κ1) is 46.4. The molecular weight excluding hydrogens is 843 g/mol. The zero-order chi connectivity index (χ0) is 45.9. The summed E-state index contributed by atoms with van der Waals surface area (Å²) in [5, 5.41) is 7.44. The molecule has 65 heavy (non-hydrogen) atoms. The highest BCUT2D eigenvalue weighted by atomic mass is 31.1. The summed E-state index contributed by atoms with van der Waals surface area (Å²) in [6.45, 7) is 6.51. The van der Waals surface area contributed by atoms with Gasteiger partial charge in [-0.1, -0.05) is 145 Å². The second-order valence-electron chi connectivity index (χ2n) is 15.2. The SMILES string of the molecule is COc1ccccc1P(c1cc(C)ccc1C)c1ccccc1-c1c(OC)cccc1OC.COc1ccccc1P(c1ccccc1C)c1ccccc1-c1c(OC)cccc1OC. The topological polar surface area (TPSA) is 55.4 Å². The van der Waals surface area contributed by atoms with Crippen LogP contribution in [0.3, 0.4) is 0 Å². The summed E-state index contributed by atoms with van der Waals surface area (Å²) in [4.78, 5) is 0. The number of para-hydroxylation sites is 2. The second kappa shape index (κ2) is 21.9. The van der Waals surface area contributed by atoms with E-state index < -0.39 is 15.8 Å². The Morgan fingerprint density at radius 2 is 0.600 bits per heavy atom. The monoisotopic (exact) mass is 898 g/mol. The highest BCUT2D eigenvalue weighted by molar-refractivity contribution is 7.80. The summed E-state index contributed by atoms with van der Waals surface area (Å²) >= 11 is 0. The summed E-state index contributed by atoms with van der Waals surface area (Å²) in [6, 6.07) is 60.9. The first-order valence-electron chi connectivity index (χ1n) is 21.4. The number of rotatable bonds is 14. The molecule has 8 aromatic carbocycles. The van der Waals surface area contributed by atoms with E-state index in [4.69, 9.17) is 28.4 Å². The maximum atomic E-state index is 5.84. The van der Waals surface area contributed by atoms with E-state index in [1.54, 1.807) is 42.7 Å². The van der Waals surface area contributed by atoms with E-state index in [0.29, 0.717) is 0 Å². The molecule has 0 spiro atoms. The Bertz CT molecular complexity index is 2830. The summed E-state index contributed by atoms with van der Waals surface area (Å²) in [5.74, 6) is 4.94. The van der Waals surface area contributed by atoms with Crippen LogP contribution in [0.4, 0.5) is 0 Å². The van der Waals surface area contributed by atoms with Gasteiger partial charge < -0.3 is 28.4 Å². The molecule has 8 heteroatoms. The number of hydrogen-bond acceptors (Lipinski definition) is 6. The Morgan fingerprint density at radius 1 is 0.277 bits per heavy atom. The molecule has 2 unspecified atom stereocenters. The minimum atomic E-state index is -0.925. The van der Waals surface area contributed by atoms with Crippen LogP contribution in [-0.4, -0.2) is 42.7 Å². The third kappa shape index (κ3) is 9.91. The highest BCUT2D eigenvalue weighted by Crippen LogP contribution is 2.47. The van der Waals surface area contributed by atoms with Crippen molar-refractivity contribution in [1.29, 1.82) is 0 Å². The smallest absolute Gasteiger partial charge is 0.130 e. The van der Waals surface area contributed by atoms with Crippen molar-refractivity contribution in [3.8, 4) is 56.8 Å². The first-order chi connectivity index (χ1) is 31.8. The number of aryl methyl sites for hydroxylation is 3. The van der Waals surface area contributed by atoms with Gasteiger partial charge in [0.05, 0.1) is 53.8 Å². The second-order valence-corrected chi connectivity index (χ2v) is 19.4. The third-order valence-electron chi connectivity index (χ3n) is 11.3. The lowest BCUT2D eigenvalue weighted by Crippen LogP contribution is -2.25. The lowest BCUT2D eigenvalue weighted by atomic mass is 10.0. The van der Waals surface area contributed by atoms with E-state index in [0.717, 1.165) is 56.8 Å². The van der Waals surface area contributed by atoms with Crippen LogP contribution in [0.5, 0.6) is 34.5 Å². The highest BCUT2D eigenvalue weighted by Gasteiger charge is 2.28. The van der Waals surface area contributed by atoms with Gasteiger partial charge in [-0.2, -0.15) is 0 Å². The molecule has 0 aliphatic rings. The largest absolute Gasteiger partial charge is 0.496 e. The maximum absolute atomic E-state index is 5.84. The zero-order valence-electron chi connectivity index (χ0n) is 38.6. The predicted molar refractivity (Wildman–Crippen MR) is 275 cm³/mol. The molecule has 0 fully saturated rings. The van der Waals surface area contributed by atoms with Crippen molar-refractivity contribution >= 4 is 47.7 Å². The number of hydrogen-bond donors (Lipinski definition) is 0. The first-order valence-corrected chi connectivity index (χ1v) is 24.1. The van der Waals surface area contributed by atoms with Gasteiger partial charge in [-0.25, -0.2) is 0 Å². The molecule has 0 radical (unpaired) electrons. The molecule has 0 N–H and O–H groups in total. The van der Waals surface area contributed by atoms with Crippen molar-refractivity contribution < 1.29 is 28.4 Å². The van der Waals surface area contributed by atoms with Crippen molar-refractivity contribution in [1.82, 2.24) is 0 Å². The van der Waals surface area contributed by atoms with E-state index in [2.05, 4.69) is 136 Å². The van der Waals surface area contributed by atoms with E-state index in [1.807, 2.05) is 60.7 Å². The minimum absolute atomic E-state index is 0.788. The van der Waals surface area contributed by atoms with Gasteiger partial charge >= 0.3 is 0 Å². The Hall–Kier alpha value is -6.58. The lowest BCUT2D eigenvalue weighted by Gasteiger charge is -2.26. The van der Waals surface area contributed by atoms with Gasteiger partial charge in [-0.15, -0.1) is 0 Å². The van der Waals surface area contributed by atoms with E-state index in [9.17, 15) is 0 Å². The molecule has 0 saturated carbocycles. The molecule has 0 bridgehead atoms. The van der Waals surface area contributed by atoms with Gasteiger partial charge in [0.15, 0.2) is 0 Å². The molecule has 0 saturated heterocycles. The van der Waals surface area contributed by atoms with Crippen LogP contribution in [0, 0.1) is 20.8 Å². The summed E-state index contributed by atoms with van der Waals surface area (Å²) in [7, 11) is 8.45. The molecule has 0 aliphatic carbocycles. The molecule has 0 aromatic heterocycles. The fourth-order valence-corrected chi connectivity index (χ4v) is 13.7. The van der Waals surface area contributed by atoms with Crippen molar-refractivity contribution in [2.75, 3.05) is 42.7 Å². The summed E-state index contributed by atoms with van der Waals surface area (Å²) < 4.78 is 34.7. The molecule has 2 atom stereocenters. The summed E-state index contributed by atoms with van der Waals surface area (Å²) in [6.07, 6.45) is 0. The number of benzene rings is 8.